The van der Waals surface area contributed by atoms with E-state index in [0.717, 1.165) is 43.7 Å². The third kappa shape index (κ3) is 2.90. The molecule has 5 heteroatoms. The van der Waals surface area contributed by atoms with E-state index in [1.807, 2.05) is 0 Å². The Morgan fingerprint density at radius 2 is 2.26 bits per heavy atom. The number of anilines is 1. The van der Waals surface area contributed by atoms with Crippen molar-refractivity contribution in [3.8, 4) is 0 Å². The van der Waals surface area contributed by atoms with Crippen LogP contribution in [0.1, 0.15) is 31.2 Å². The number of nitrogens with one attached hydrogen (secondary N) is 2. The van der Waals surface area contributed by atoms with E-state index in [4.69, 9.17) is 21.7 Å². The summed E-state index contributed by atoms with van der Waals surface area (Å²) in [7, 11) is 0. The fourth-order valence-corrected chi connectivity index (χ4v) is 2.68. The number of aromatic nitrogens is 1. The van der Waals surface area contributed by atoms with Crippen molar-refractivity contribution in [3.05, 3.63) is 22.8 Å². The smallest absolute Gasteiger partial charge is 0.136 e. The van der Waals surface area contributed by atoms with E-state index in [1.165, 1.54) is 0 Å². The van der Waals surface area contributed by atoms with Crippen molar-refractivity contribution in [1.29, 1.82) is 5.41 Å². The van der Waals surface area contributed by atoms with E-state index < -0.39 is 0 Å². The van der Waals surface area contributed by atoms with Crippen LogP contribution in [0.25, 0.3) is 0 Å². The maximum absolute atomic E-state index is 8.25. The minimum Gasteiger partial charge on any atom is -0.379 e. The van der Waals surface area contributed by atoms with Gasteiger partial charge in [-0.15, -0.1) is 0 Å². The maximum Gasteiger partial charge on any atom is 0.136 e. The van der Waals surface area contributed by atoms with Gasteiger partial charge >= 0.3 is 0 Å². The van der Waals surface area contributed by atoms with Gasteiger partial charge in [-0.1, -0.05) is 11.6 Å². The molecule has 1 aliphatic carbocycles. The van der Waals surface area contributed by atoms with Gasteiger partial charge in [-0.3, -0.25) is 0 Å². The molecule has 0 spiro atoms. The first-order chi connectivity index (χ1) is 9.25. The average molecular weight is 280 g/mol. The molecular formula is C14H18ClN3O. The largest absolute Gasteiger partial charge is 0.379 e. The highest BCUT2D eigenvalue weighted by atomic mass is 35.5. The van der Waals surface area contributed by atoms with Crippen LogP contribution in [0.5, 0.6) is 0 Å². The molecule has 1 saturated carbocycles. The third-order valence-electron chi connectivity index (χ3n) is 3.66. The summed E-state index contributed by atoms with van der Waals surface area (Å²) in [5.74, 6) is 1.10. The minimum absolute atomic E-state index is 0.269. The van der Waals surface area contributed by atoms with Crippen LogP contribution in [0, 0.1) is 11.3 Å². The summed E-state index contributed by atoms with van der Waals surface area (Å²) >= 11 is 6.26. The Kier molecular flexibility index (Phi) is 3.71. The van der Waals surface area contributed by atoms with E-state index in [-0.39, 0.29) is 6.04 Å². The first-order valence-corrected chi connectivity index (χ1v) is 7.21. The molecule has 1 aromatic rings. The Labute approximate surface area is 118 Å². The van der Waals surface area contributed by atoms with Gasteiger partial charge in [0.05, 0.1) is 23.2 Å². The van der Waals surface area contributed by atoms with Gasteiger partial charge < -0.3 is 15.5 Å². The first kappa shape index (κ1) is 12.9. The fraction of sp³-hybridized carbons (Fsp3) is 0.571. The van der Waals surface area contributed by atoms with E-state index in [1.54, 1.807) is 12.3 Å². The van der Waals surface area contributed by atoms with Gasteiger partial charge in [0.15, 0.2) is 0 Å². The summed E-state index contributed by atoms with van der Waals surface area (Å²) in [5.41, 5.74) is 1.40. The molecule has 1 aromatic heterocycles. The Balaban J connectivity index is 1.82. The molecule has 1 aliphatic heterocycles. The second-order valence-electron chi connectivity index (χ2n) is 5.26. The summed E-state index contributed by atoms with van der Waals surface area (Å²) in [5, 5.41) is 12.3. The molecule has 3 rings (SSSR count). The molecule has 1 atom stereocenters. The second-order valence-corrected chi connectivity index (χ2v) is 5.67. The van der Waals surface area contributed by atoms with Crippen LogP contribution in [0.15, 0.2) is 12.3 Å². The zero-order valence-corrected chi connectivity index (χ0v) is 11.5. The van der Waals surface area contributed by atoms with E-state index >= 15 is 0 Å². The van der Waals surface area contributed by atoms with E-state index in [9.17, 15) is 0 Å². The SMILES string of the molecule is N=C(c1c(Cl)ccnc1NC1CCCOC1)C1CC1. The highest BCUT2D eigenvalue weighted by Gasteiger charge is 2.30. The quantitative estimate of drug-likeness (QED) is 0.833. The highest BCUT2D eigenvalue weighted by Crippen LogP contribution is 2.36. The molecule has 0 aromatic carbocycles. The van der Waals surface area contributed by atoms with Crippen LogP contribution < -0.4 is 5.32 Å². The summed E-state index contributed by atoms with van der Waals surface area (Å²) in [6.07, 6.45) is 6.02. The highest BCUT2D eigenvalue weighted by molar-refractivity contribution is 6.35. The number of pyridine rings is 1. The minimum atomic E-state index is 0.269. The van der Waals surface area contributed by atoms with Crippen molar-refractivity contribution in [2.24, 2.45) is 5.92 Å². The lowest BCUT2D eigenvalue weighted by Crippen LogP contribution is -2.31. The molecule has 2 fully saturated rings. The predicted molar refractivity (Wildman–Crippen MR) is 76.3 cm³/mol. The van der Waals surface area contributed by atoms with Crippen molar-refractivity contribution in [3.63, 3.8) is 0 Å². The van der Waals surface area contributed by atoms with Crippen molar-refractivity contribution < 1.29 is 4.74 Å². The fourth-order valence-electron chi connectivity index (χ4n) is 2.43. The Morgan fingerprint density at radius 1 is 1.42 bits per heavy atom. The summed E-state index contributed by atoms with van der Waals surface area (Å²) in [6.45, 7) is 1.54. The number of ether oxygens (including phenoxy) is 1. The van der Waals surface area contributed by atoms with Gasteiger partial charge in [0.1, 0.15) is 5.82 Å². The van der Waals surface area contributed by atoms with E-state index in [0.29, 0.717) is 23.3 Å². The lowest BCUT2D eigenvalue weighted by molar-refractivity contribution is 0.0875. The second kappa shape index (κ2) is 5.47. The number of hydrogen-bond donors (Lipinski definition) is 2. The first-order valence-electron chi connectivity index (χ1n) is 6.83. The van der Waals surface area contributed by atoms with Crippen LogP contribution in [-0.4, -0.2) is 30.0 Å². The van der Waals surface area contributed by atoms with Crippen LogP contribution in [0.3, 0.4) is 0 Å². The zero-order chi connectivity index (χ0) is 13.2. The predicted octanol–water partition coefficient (Wildman–Crippen LogP) is 3.10. The standard InChI is InChI=1S/C14H18ClN3O/c15-11-5-6-17-14(12(11)13(16)9-3-4-9)18-10-2-1-7-19-8-10/h5-6,9-10,16H,1-4,7-8H2,(H,17,18). The summed E-state index contributed by atoms with van der Waals surface area (Å²) in [4.78, 5) is 4.37. The summed E-state index contributed by atoms with van der Waals surface area (Å²) in [6, 6.07) is 2.03. The average Bonchev–Trinajstić information content (AvgIpc) is 3.24. The Bertz CT molecular complexity index is 482. The van der Waals surface area contributed by atoms with Gasteiger partial charge in [-0.25, -0.2) is 4.98 Å². The molecule has 2 aliphatic rings. The monoisotopic (exact) mass is 279 g/mol. The molecule has 19 heavy (non-hydrogen) atoms. The molecule has 0 bridgehead atoms. The lowest BCUT2D eigenvalue weighted by Gasteiger charge is -2.25. The molecule has 102 valence electrons. The van der Waals surface area contributed by atoms with Gasteiger partial charge in [0.2, 0.25) is 0 Å². The third-order valence-corrected chi connectivity index (χ3v) is 3.97. The zero-order valence-electron chi connectivity index (χ0n) is 10.8. The summed E-state index contributed by atoms with van der Waals surface area (Å²) < 4.78 is 5.47. The number of halogens is 1. The van der Waals surface area contributed by atoms with Gasteiger partial charge in [-0.05, 0) is 31.7 Å². The lowest BCUT2D eigenvalue weighted by atomic mass is 10.1. The molecule has 2 heterocycles. The Hall–Kier alpha value is -1.13. The maximum atomic E-state index is 8.25. The van der Waals surface area contributed by atoms with E-state index in [2.05, 4.69) is 10.3 Å². The molecule has 0 amide bonds. The molecule has 0 radical (unpaired) electrons. The van der Waals surface area contributed by atoms with Gasteiger partial charge in [0.25, 0.3) is 0 Å². The van der Waals surface area contributed by atoms with Crippen LogP contribution >= 0.6 is 11.6 Å². The van der Waals surface area contributed by atoms with Crippen LogP contribution in [-0.2, 0) is 4.74 Å². The Morgan fingerprint density at radius 3 is 2.95 bits per heavy atom. The molecule has 1 unspecified atom stereocenters. The van der Waals surface area contributed by atoms with Crippen LogP contribution in [0.4, 0.5) is 5.82 Å². The van der Waals surface area contributed by atoms with Crippen molar-refractivity contribution in [2.45, 2.75) is 31.7 Å². The topological polar surface area (TPSA) is 58.0 Å². The molecular weight excluding hydrogens is 262 g/mol. The molecule has 1 saturated heterocycles. The molecule has 2 N–H and O–H groups in total. The van der Waals surface area contributed by atoms with Crippen molar-refractivity contribution in [2.75, 3.05) is 18.5 Å². The number of hydrogen-bond acceptors (Lipinski definition) is 4. The molecule has 4 nitrogen and oxygen atoms in total. The van der Waals surface area contributed by atoms with Crippen molar-refractivity contribution in [1.82, 2.24) is 4.98 Å². The normalized spacial score (nSPS) is 23.1. The van der Waals surface area contributed by atoms with Crippen molar-refractivity contribution >= 4 is 23.1 Å². The number of rotatable bonds is 4. The number of nitrogens with zero attached hydrogens (tertiary/aromatic N) is 1. The van der Waals surface area contributed by atoms with Gasteiger partial charge in [-0.2, -0.15) is 0 Å². The van der Waals surface area contributed by atoms with Gasteiger partial charge in [0, 0.05) is 24.4 Å². The van der Waals surface area contributed by atoms with Crippen LogP contribution in [0.2, 0.25) is 5.02 Å².